The van der Waals surface area contributed by atoms with Crippen LogP contribution in [-0.4, -0.2) is 47.1 Å². The zero-order valence-electron chi connectivity index (χ0n) is 13.6. The molecule has 1 saturated heterocycles. The van der Waals surface area contributed by atoms with E-state index in [2.05, 4.69) is 19.8 Å². The largest absolute Gasteiger partial charge is 0.355 e. The maximum Gasteiger partial charge on any atom is 0.258 e. The third-order valence-corrected chi connectivity index (χ3v) is 5.91. The lowest BCUT2D eigenvalue weighted by Gasteiger charge is -2.34. The molecule has 0 unspecified atom stereocenters. The molecule has 1 aliphatic heterocycles. The van der Waals surface area contributed by atoms with Crippen molar-refractivity contribution in [1.82, 2.24) is 24.3 Å². The highest BCUT2D eigenvalue weighted by Crippen LogP contribution is 2.21. The summed E-state index contributed by atoms with van der Waals surface area (Å²) in [5.41, 5.74) is 0.652. The highest BCUT2D eigenvalue weighted by Gasteiger charge is 2.29. The maximum absolute atomic E-state index is 12.7. The van der Waals surface area contributed by atoms with E-state index in [4.69, 9.17) is 0 Å². The molecule has 0 aromatic carbocycles. The van der Waals surface area contributed by atoms with Crippen LogP contribution in [-0.2, 0) is 24.1 Å². The molecule has 0 saturated carbocycles. The van der Waals surface area contributed by atoms with Crippen molar-refractivity contribution in [3.05, 3.63) is 24.0 Å². The molecule has 2 aromatic rings. The molecule has 2 aromatic heterocycles. The number of anilines is 1. The summed E-state index contributed by atoms with van der Waals surface area (Å²) in [7, 11) is -0.0447. The molecule has 0 amide bonds. The van der Waals surface area contributed by atoms with E-state index in [0.717, 1.165) is 25.2 Å². The minimum Gasteiger partial charge on any atom is -0.355 e. The van der Waals surface area contributed by atoms with E-state index in [0.29, 0.717) is 12.1 Å². The van der Waals surface area contributed by atoms with Crippen LogP contribution in [0.3, 0.4) is 0 Å². The molecule has 1 atom stereocenters. The van der Waals surface area contributed by atoms with Gasteiger partial charge < -0.3 is 4.90 Å². The van der Waals surface area contributed by atoms with Crippen molar-refractivity contribution >= 4 is 15.8 Å². The third kappa shape index (κ3) is 3.11. The van der Waals surface area contributed by atoms with Gasteiger partial charge in [0.25, 0.3) is 10.0 Å². The van der Waals surface area contributed by atoms with E-state index >= 15 is 0 Å². The van der Waals surface area contributed by atoms with Gasteiger partial charge in [0.05, 0.1) is 12.4 Å². The second-order valence-electron chi connectivity index (χ2n) is 5.98. The van der Waals surface area contributed by atoms with Crippen LogP contribution >= 0.6 is 0 Å². The number of hydrogen-bond donors (Lipinski definition) is 1. The average Bonchev–Trinajstić information content (AvgIpc) is 3.05. The average molecular weight is 338 g/mol. The van der Waals surface area contributed by atoms with E-state index < -0.39 is 10.0 Å². The van der Waals surface area contributed by atoms with E-state index in [1.54, 1.807) is 26.4 Å². The van der Waals surface area contributed by atoms with Crippen molar-refractivity contribution in [2.24, 2.45) is 14.1 Å². The number of piperidine rings is 1. The summed E-state index contributed by atoms with van der Waals surface area (Å²) < 4.78 is 31.4. The molecule has 3 rings (SSSR count). The van der Waals surface area contributed by atoms with Gasteiger partial charge in [0, 0.05) is 44.9 Å². The Balaban J connectivity index is 1.76. The minimum absolute atomic E-state index is 0.127. The van der Waals surface area contributed by atoms with Crippen molar-refractivity contribution in [1.29, 1.82) is 0 Å². The molecule has 23 heavy (non-hydrogen) atoms. The van der Waals surface area contributed by atoms with E-state index in [1.807, 2.05) is 17.8 Å². The lowest BCUT2D eigenvalue weighted by Crippen LogP contribution is -2.48. The van der Waals surface area contributed by atoms with Gasteiger partial charge in [0.2, 0.25) is 0 Å². The third-order valence-electron chi connectivity index (χ3n) is 4.17. The molecule has 0 aliphatic carbocycles. The van der Waals surface area contributed by atoms with Crippen molar-refractivity contribution in [2.45, 2.75) is 30.8 Å². The molecule has 126 valence electrons. The Morgan fingerprint density at radius 2 is 2.04 bits per heavy atom. The number of sulfonamides is 1. The van der Waals surface area contributed by atoms with Gasteiger partial charge in [-0.2, -0.15) is 10.2 Å². The highest BCUT2D eigenvalue weighted by molar-refractivity contribution is 7.89. The molecule has 0 bridgehead atoms. The topological polar surface area (TPSA) is 85.1 Å². The fourth-order valence-corrected chi connectivity index (χ4v) is 4.77. The van der Waals surface area contributed by atoms with Crippen molar-refractivity contribution in [3.63, 3.8) is 0 Å². The number of hydrogen-bond acceptors (Lipinski definition) is 5. The Labute approximate surface area is 136 Å². The molecule has 3 heterocycles. The first-order valence-corrected chi connectivity index (χ1v) is 9.10. The van der Waals surface area contributed by atoms with Crippen LogP contribution < -0.4 is 9.62 Å². The monoisotopic (exact) mass is 338 g/mol. The van der Waals surface area contributed by atoms with Crippen LogP contribution in [0.5, 0.6) is 0 Å². The predicted molar refractivity (Wildman–Crippen MR) is 86.7 cm³/mol. The lowest BCUT2D eigenvalue weighted by molar-refractivity contribution is 0.457. The summed E-state index contributed by atoms with van der Waals surface area (Å²) in [6.45, 7) is 3.29. The Morgan fingerprint density at radius 3 is 2.65 bits per heavy atom. The molecule has 8 nitrogen and oxygen atoms in total. The molecular weight excluding hydrogens is 316 g/mol. The second-order valence-corrected chi connectivity index (χ2v) is 7.61. The van der Waals surface area contributed by atoms with Gasteiger partial charge in [-0.15, -0.1) is 0 Å². The minimum atomic E-state index is -3.58. The standard InChI is InChI=1S/C14H22N6O2S/c1-11-9-16-19(3)14(11)23(21,22)17-12-5-4-8-20(10-12)13-6-7-15-18(13)2/h6-7,9,12,17H,4-5,8,10H2,1-3H3/t12-/m0/s1. The molecule has 1 N–H and O–H groups in total. The Hall–Kier alpha value is -1.87. The zero-order valence-corrected chi connectivity index (χ0v) is 14.4. The van der Waals surface area contributed by atoms with Gasteiger partial charge in [-0.3, -0.25) is 9.36 Å². The molecule has 0 spiro atoms. The lowest BCUT2D eigenvalue weighted by atomic mass is 10.1. The number of rotatable bonds is 4. The summed E-state index contributed by atoms with van der Waals surface area (Å²) in [6, 6.07) is 1.82. The number of aromatic nitrogens is 4. The van der Waals surface area contributed by atoms with Gasteiger partial charge in [-0.25, -0.2) is 13.1 Å². The second kappa shape index (κ2) is 5.97. The number of nitrogens with zero attached hydrogens (tertiary/aromatic N) is 5. The smallest absolute Gasteiger partial charge is 0.258 e. The first-order valence-electron chi connectivity index (χ1n) is 7.62. The zero-order chi connectivity index (χ0) is 16.6. The molecule has 9 heteroatoms. The van der Waals surface area contributed by atoms with Gasteiger partial charge in [0.15, 0.2) is 5.03 Å². The highest BCUT2D eigenvalue weighted by atomic mass is 32.2. The van der Waals surface area contributed by atoms with E-state index in [-0.39, 0.29) is 11.1 Å². The first-order chi connectivity index (χ1) is 10.9. The summed E-state index contributed by atoms with van der Waals surface area (Å²) >= 11 is 0. The van der Waals surface area contributed by atoms with Crippen molar-refractivity contribution in [3.8, 4) is 0 Å². The SMILES string of the molecule is Cc1cnn(C)c1S(=O)(=O)N[C@H]1CCCN(c2ccnn2C)C1. The number of nitrogens with one attached hydrogen (secondary N) is 1. The van der Waals surface area contributed by atoms with Crippen LogP contribution in [0, 0.1) is 6.92 Å². The number of aryl methyl sites for hydroxylation is 3. The Bertz CT molecular complexity index is 775. The van der Waals surface area contributed by atoms with Crippen LogP contribution in [0.4, 0.5) is 5.82 Å². The van der Waals surface area contributed by atoms with Gasteiger partial charge in [-0.1, -0.05) is 0 Å². The summed E-state index contributed by atoms with van der Waals surface area (Å²) in [5.74, 6) is 1.01. The van der Waals surface area contributed by atoms with Crippen LogP contribution in [0.15, 0.2) is 23.5 Å². The fraction of sp³-hybridized carbons (Fsp3) is 0.571. The summed E-state index contributed by atoms with van der Waals surface area (Å²) in [5, 5.41) is 8.43. The quantitative estimate of drug-likeness (QED) is 0.873. The van der Waals surface area contributed by atoms with Gasteiger partial charge in [-0.05, 0) is 19.8 Å². The van der Waals surface area contributed by atoms with Crippen molar-refractivity contribution in [2.75, 3.05) is 18.0 Å². The predicted octanol–water partition coefficient (Wildman–Crippen LogP) is 0.409. The molecule has 1 aliphatic rings. The molecular formula is C14H22N6O2S. The van der Waals surface area contributed by atoms with Crippen LogP contribution in [0.1, 0.15) is 18.4 Å². The summed E-state index contributed by atoms with van der Waals surface area (Å²) in [4.78, 5) is 2.17. The van der Waals surface area contributed by atoms with Crippen LogP contribution in [0.25, 0.3) is 0 Å². The molecule has 1 fully saturated rings. The Morgan fingerprint density at radius 1 is 1.26 bits per heavy atom. The van der Waals surface area contributed by atoms with Crippen LogP contribution in [0.2, 0.25) is 0 Å². The van der Waals surface area contributed by atoms with Crippen molar-refractivity contribution < 1.29 is 8.42 Å². The first kappa shape index (κ1) is 16.0. The normalized spacial score (nSPS) is 19.3. The maximum atomic E-state index is 12.7. The Kier molecular flexibility index (Phi) is 4.15. The summed E-state index contributed by atoms with van der Waals surface area (Å²) in [6.07, 6.45) is 5.08. The molecule has 0 radical (unpaired) electrons. The van der Waals surface area contributed by atoms with Gasteiger partial charge in [0.1, 0.15) is 5.82 Å². The fourth-order valence-electron chi connectivity index (χ4n) is 3.16. The van der Waals surface area contributed by atoms with E-state index in [9.17, 15) is 8.42 Å². The van der Waals surface area contributed by atoms with Gasteiger partial charge >= 0.3 is 0 Å². The van der Waals surface area contributed by atoms with E-state index in [1.165, 1.54) is 4.68 Å².